The topological polar surface area (TPSA) is 88.9 Å². The highest BCUT2D eigenvalue weighted by atomic mass is 16.5. The van der Waals surface area contributed by atoms with Crippen LogP contribution in [0.4, 0.5) is 0 Å². The highest BCUT2D eigenvalue weighted by molar-refractivity contribution is 5.94. The summed E-state index contributed by atoms with van der Waals surface area (Å²) in [5, 5.41) is 11.1. The Labute approximate surface area is 230 Å². The van der Waals surface area contributed by atoms with E-state index >= 15 is 0 Å². The molecule has 8 nitrogen and oxygen atoms in total. The number of allylic oxidation sites excluding steroid dienone is 2. The maximum absolute atomic E-state index is 13.6. The Balaban J connectivity index is 1.12. The third-order valence-corrected chi connectivity index (χ3v) is 7.75. The van der Waals surface area contributed by atoms with Crippen LogP contribution in [-0.2, 0) is 11.3 Å². The van der Waals surface area contributed by atoms with Crippen molar-refractivity contribution in [3.63, 3.8) is 0 Å². The third kappa shape index (κ3) is 6.50. The van der Waals surface area contributed by atoms with Crippen LogP contribution in [0.3, 0.4) is 0 Å². The van der Waals surface area contributed by atoms with Gasteiger partial charge in [-0.05, 0) is 73.9 Å². The molecule has 1 amide bonds. The number of hydrogen-bond donors (Lipinski definition) is 1. The lowest BCUT2D eigenvalue weighted by Crippen LogP contribution is -2.53. The number of rotatable bonds is 7. The molecule has 0 aliphatic carbocycles. The molecule has 8 heteroatoms. The smallest absolute Gasteiger partial charge is 0.271 e. The Hall–Kier alpha value is -4.09. The van der Waals surface area contributed by atoms with Crippen molar-refractivity contribution in [3.05, 3.63) is 89.3 Å². The standard InChI is InChI=1S/C31H35N5O3/c1-23(37)26-8-10-28(11-9-26)39-29-14-19-35(20-15-29)31(38)30-3-2-16-33-36(30)27-12-17-34(18-13-27)22-25-6-4-24(21-32)5-7-25/h2-11,16,27,29,33H,12-15,17-20,22H2,1H3. The molecule has 0 radical (unpaired) electrons. The summed E-state index contributed by atoms with van der Waals surface area (Å²) in [4.78, 5) is 29.4. The molecule has 0 saturated carbocycles. The number of nitrogens with zero attached hydrogens (tertiary/aromatic N) is 4. The van der Waals surface area contributed by atoms with Gasteiger partial charge in [0.1, 0.15) is 17.6 Å². The van der Waals surface area contributed by atoms with Crippen LogP contribution in [-0.4, -0.2) is 64.8 Å². The van der Waals surface area contributed by atoms with Gasteiger partial charge >= 0.3 is 0 Å². The summed E-state index contributed by atoms with van der Waals surface area (Å²) in [7, 11) is 0. The highest BCUT2D eigenvalue weighted by Gasteiger charge is 2.33. The Morgan fingerprint density at radius 1 is 0.974 bits per heavy atom. The van der Waals surface area contributed by atoms with Crippen LogP contribution < -0.4 is 10.2 Å². The number of benzene rings is 2. The predicted octanol–water partition coefficient (Wildman–Crippen LogP) is 4.01. The lowest BCUT2D eigenvalue weighted by molar-refractivity contribution is -0.131. The SMILES string of the molecule is CC(=O)c1ccc(OC2CCN(C(=O)C3=CC=CNN3C3CCN(Cc4ccc(C#N)cc4)CC3)CC2)cc1. The molecule has 0 spiro atoms. The first-order valence-corrected chi connectivity index (χ1v) is 13.7. The summed E-state index contributed by atoms with van der Waals surface area (Å²) in [5.41, 5.74) is 6.59. The molecule has 0 aromatic heterocycles. The molecular weight excluding hydrogens is 490 g/mol. The first-order valence-electron chi connectivity index (χ1n) is 13.7. The van der Waals surface area contributed by atoms with Gasteiger partial charge in [-0.2, -0.15) is 5.26 Å². The second-order valence-corrected chi connectivity index (χ2v) is 10.4. The number of Topliss-reactive ketones (excluding diaryl/α,β-unsaturated/α-hetero) is 1. The Kier molecular flexibility index (Phi) is 8.28. The average Bonchev–Trinajstić information content (AvgIpc) is 2.98. The zero-order valence-corrected chi connectivity index (χ0v) is 22.4. The molecule has 2 saturated heterocycles. The van der Waals surface area contributed by atoms with Crippen LogP contribution in [0.1, 0.15) is 54.1 Å². The molecule has 3 heterocycles. The lowest BCUT2D eigenvalue weighted by atomic mass is 10.0. The molecule has 2 aromatic rings. The van der Waals surface area contributed by atoms with Crippen molar-refractivity contribution in [3.8, 4) is 11.8 Å². The van der Waals surface area contributed by atoms with E-state index < -0.39 is 0 Å². The largest absolute Gasteiger partial charge is 0.490 e. The monoisotopic (exact) mass is 525 g/mol. The molecule has 2 aromatic carbocycles. The number of likely N-dealkylation sites (tertiary alicyclic amines) is 2. The van der Waals surface area contributed by atoms with Crippen LogP contribution in [0.2, 0.25) is 0 Å². The molecule has 202 valence electrons. The van der Waals surface area contributed by atoms with Gasteiger partial charge in [-0.15, -0.1) is 0 Å². The predicted molar refractivity (Wildman–Crippen MR) is 148 cm³/mol. The van der Waals surface area contributed by atoms with Gasteiger partial charge in [0.15, 0.2) is 5.78 Å². The Bertz CT molecular complexity index is 1260. The first-order chi connectivity index (χ1) is 19.0. The van der Waals surface area contributed by atoms with Crippen LogP contribution in [0.5, 0.6) is 5.75 Å². The molecule has 2 fully saturated rings. The second-order valence-electron chi connectivity index (χ2n) is 10.4. The normalized spacial score (nSPS) is 18.7. The van der Waals surface area contributed by atoms with Crippen molar-refractivity contribution >= 4 is 11.7 Å². The number of carbonyl (C=O) groups excluding carboxylic acids is 2. The van der Waals surface area contributed by atoms with Crippen LogP contribution >= 0.6 is 0 Å². The fourth-order valence-electron chi connectivity index (χ4n) is 5.47. The minimum absolute atomic E-state index is 0.0393. The van der Waals surface area contributed by atoms with Gasteiger partial charge < -0.3 is 15.1 Å². The van der Waals surface area contributed by atoms with Gasteiger partial charge in [0, 0.05) is 57.3 Å². The van der Waals surface area contributed by atoms with E-state index in [-0.39, 0.29) is 23.8 Å². The number of nitriles is 1. The van der Waals surface area contributed by atoms with Crippen LogP contribution in [0, 0.1) is 11.3 Å². The van der Waals surface area contributed by atoms with E-state index in [1.165, 1.54) is 5.56 Å². The molecule has 3 aliphatic rings. The zero-order valence-electron chi connectivity index (χ0n) is 22.4. The number of ketones is 1. The minimum atomic E-state index is 0.0393. The van der Waals surface area contributed by atoms with Crippen LogP contribution in [0.25, 0.3) is 0 Å². The van der Waals surface area contributed by atoms with E-state index in [2.05, 4.69) is 21.4 Å². The number of carbonyl (C=O) groups is 2. The van der Waals surface area contributed by atoms with E-state index in [1.54, 1.807) is 19.1 Å². The number of hydrogen-bond acceptors (Lipinski definition) is 7. The summed E-state index contributed by atoms with van der Waals surface area (Å²) in [6.45, 7) is 5.61. The maximum atomic E-state index is 13.6. The zero-order chi connectivity index (χ0) is 27.2. The van der Waals surface area contributed by atoms with E-state index in [4.69, 9.17) is 10.00 Å². The number of amides is 1. The molecule has 1 N–H and O–H groups in total. The number of ether oxygens (including phenoxy) is 1. The molecular formula is C31H35N5O3. The van der Waals surface area contributed by atoms with Gasteiger partial charge in [0.25, 0.3) is 5.91 Å². The van der Waals surface area contributed by atoms with Crippen molar-refractivity contribution in [2.24, 2.45) is 0 Å². The summed E-state index contributed by atoms with van der Waals surface area (Å²) in [5.74, 6) is 0.847. The van der Waals surface area contributed by atoms with E-state index in [1.807, 2.05) is 59.7 Å². The molecule has 0 atom stereocenters. The summed E-state index contributed by atoms with van der Waals surface area (Å²) >= 11 is 0. The number of hydrazine groups is 1. The summed E-state index contributed by atoms with van der Waals surface area (Å²) in [6, 6.07) is 17.5. The van der Waals surface area contributed by atoms with E-state index in [0.717, 1.165) is 51.1 Å². The molecule has 5 rings (SSSR count). The van der Waals surface area contributed by atoms with Crippen molar-refractivity contribution in [1.82, 2.24) is 20.2 Å². The second kappa shape index (κ2) is 12.2. The van der Waals surface area contributed by atoms with Gasteiger partial charge in [0.05, 0.1) is 17.7 Å². The minimum Gasteiger partial charge on any atom is -0.490 e. The molecule has 39 heavy (non-hydrogen) atoms. The lowest BCUT2D eigenvalue weighted by Gasteiger charge is -2.42. The fourth-order valence-corrected chi connectivity index (χ4v) is 5.47. The third-order valence-electron chi connectivity index (χ3n) is 7.75. The fraction of sp³-hybridized carbons (Fsp3) is 0.387. The van der Waals surface area contributed by atoms with E-state index in [0.29, 0.717) is 29.9 Å². The Morgan fingerprint density at radius 3 is 2.31 bits per heavy atom. The molecule has 3 aliphatic heterocycles. The number of nitrogens with one attached hydrogen (secondary N) is 1. The maximum Gasteiger partial charge on any atom is 0.271 e. The van der Waals surface area contributed by atoms with Gasteiger partial charge in [-0.1, -0.05) is 12.1 Å². The van der Waals surface area contributed by atoms with Gasteiger partial charge in [-0.25, -0.2) is 0 Å². The summed E-state index contributed by atoms with van der Waals surface area (Å²) < 4.78 is 6.13. The van der Waals surface area contributed by atoms with Gasteiger partial charge in [0.2, 0.25) is 0 Å². The van der Waals surface area contributed by atoms with Crippen molar-refractivity contribution in [2.75, 3.05) is 26.2 Å². The quantitative estimate of drug-likeness (QED) is 0.547. The molecule has 0 unspecified atom stereocenters. The highest BCUT2D eigenvalue weighted by Crippen LogP contribution is 2.25. The average molecular weight is 526 g/mol. The van der Waals surface area contributed by atoms with E-state index in [9.17, 15) is 9.59 Å². The van der Waals surface area contributed by atoms with Crippen molar-refractivity contribution in [2.45, 2.75) is 51.3 Å². The van der Waals surface area contributed by atoms with Crippen molar-refractivity contribution < 1.29 is 14.3 Å². The summed E-state index contributed by atoms with van der Waals surface area (Å²) in [6.07, 6.45) is 9.20. The number of piperidine rings is 2. The van der Waals surface area contributed by atoms with Gasteiger partial charge in [-0.3, -0.25) is 19.5 Å². The molecule has 0 bridgehead atoms. The van der Waals surface area contributed by atoms with Crippen LogP contribution in [0.15, 0.2) is 72.6 Å². The first kappa shape index (κ1) is 26.5. The van der Waals surface area contributed by atoms with Crippen molar-refractivity contribution in [1.29, 1.82) is 5.26 Å². The Morgan fingerprint density at radius 2 is 1.67 bits per heavy atom.